The van der Waals surface area contributed by atoms with Crippen LogP contribution < -0.4 is 0 Å². The molecule has 1 aliphatic carbocycles. The highest BCUT2D eigenvalue weighted by Gasteiger charge is 2.53. The molecule has 3 rings (SSSR count). The monoisotopic (exact) mass is 360 g/mol. The zero-order valence-corrected chi connectivity index (χ0v) is 15.5. The average Bonchev–Trinajstić information content (AvgIpc) is 3.29. The molecule has 0 saturated heterocycles. The van der Waals surface area contributed by atoms with E-state index in [-0.39, 0.29) is 12.2 Å². The number of ether oxygens (including phenoxy) is 2. The van der Waals surface area contributed by atoms with Gasteiger partial charge in [-0.2, -0.15) is 10.2 Å². The Kier molecular flexibility index (Phi) is 4.84. The first-order valence-electron chi connectivity index (χ1n) is 8.82. The molecule has 0 N–H and O–H groups in total. The van der Waals surface area contributed by atoms with Crippen LogP contribution in [0.1, 0.15) is 54.8 Å². The van der Waals surface area contributed by atoms with Gasteiger partial charge in [0.2, 0.25) is 0 Å². The van der Waals surface area contributed by atoms with Gasteiger partial charge in [0.05, 0.1) is 23.5 Å². The molecule has 0 amide bonds. The van der Waals surface area contributed by atoms with Crippen LogP contribution in [0.4, 0.5) is 0 Å². The lowest BCUT2D eigenvalue weighted by molar-refractivity contribution is -0.154. The van der Waals surface area contributed by atoms with E-state index >= 15 is 0 Å². The van der Waals surface area contributed by atoms with Crippen molar-refractivity contribution in [2.24, 2.45) is 5.41 Å². The molecule has 0 aromatic carbocycles. The molecule has 0 radical (unpaired) electrons. The molecule has 2 aromatic heterocycles. The predicted molar refractivity (Wildman–Crippen MR) is 92.6 cm³/mol. The van der Waals surface area contributed by atoms with E-state index in [0.717, 1.165) is 0 Å². The molecule has 0 aliphatic heterocycles. The number of rotatable bonds is 6. The lowest BCUT2D eigenvalue weighted by Crippen LogP contribution is -2.56. The molecule has 1 fully saturated rings. The van der Waals surface area contributed by atoms with Crippen LogP contribution in [0.15, 0.2) is 24.8 Å². The van der Waals surface area contributed by atoms with E-state index in [4.69, 9.17) is 9.47 Å². The minimum Gasteiger partial charge on any atom is -0.458 e. The number of hydrogen-bond donors (Lipinski definition) is 0. The Morgan fingerprint density at radius 1 is 1.00 bits per heavy atom. The number of nitrogens with zero attached hydrogens (tertiary/aromatic N) is 4. The molecule has 26 heavy (non-hydrogen) atoms. The largest absolute Gasteiger partial charge is 0.458 e. The summed E-state index contributed by atoms with van der Waals surface area (Å²) in [6.07, 6.45) is 6.19. The molecule has 2 heterocycles. The molecular weight excluding hydrogens is 336 g/mol. The Labute approximate surface area is 152 Å². The standard InChI is InChI=1S/C18H24N4O4/c1-5-21-10-12(8-19-21)16(23)25-14-7-15(18(14,3)4)26-17(24)13-9-20-22(6-2)11-13/h8-11,14-15H,5-7H2,1-4H3/t14-,15-/m1/s1. The summed E-state index contributed by atoms with van der Waals surface area (Å²) in [7, 11) is 0. The molecule has 1 aliphatic rings. The Bertz CT molecular complexity index is 743. The molecule has 140 valence electrons. The first-order chi connectivity index (χ1) is 12.3. The zero-order chi connectivity index (χ0) is 18.9. The van der Waals surface area contributed by atoms with Crippen molar-refractivity contribution < 1.29 is 19.1 Å². The van der Waals surface area contributed by atoms with E-state index in [9.17, 15) is 9.59 Å². The summed E-state index contributed by atoms with van der Waals surface area (Å²) >= 11 is 0. The van der Waals surface area contributed by atoms with Crippen LogP contribution in [0.5, 0.6) is 0 Å². The van der Waals surface area contributed by atoms with E-state index in [1.165, 1.54) is 12.4 Å². The predicted octanol–water partition coefficient (Wildman–Crippen LogP) is 2.30. The van der Waals surface area contributed by atoms with Crippen molar-refractivity contribution in [3.63, 3.8) is 0 Å². The quantitative estimate of drug-likeness (QED) is 0.735. The summed E-state index contributed by atoms with van der Waals surface area (Å²) in [5, 5.41) is 8.16. The van der Waals surface area contributed by atoms with E-state index in [0.29, 0.717) is 30.6 Å². The number of carbonyl (C=O) groups is 2. The van der Waals surface area contributed by atoms with E-state index in [2.05, 4.69) is 10.2 Å². The van der Waals surface area contributed by atoms with E-state index in [1.54, 1.807) is 21.8 Å². The summed E-state index contributed by atoms with van der Waals surface area (Å²) in [5.74, 6) is -0.812. The minimum absolute atomic E-state index is 0.309. The Hall–Kier alpha value is -2.64. The highest BCUT2D eigenvalue weighted by molar-refractivity contribution is 5.89. The summed E-state index contributed by atoms with van der Waals surface area (Å²) in [4.78, 5) is 24.5. The third kappa shape index (κ3) is 3.36. The van der Waals surface area contributed by atoms with Gasteiger partial charge in [0.25, 0.3) is 0 Å². The zero-order valence-electron chi connectivity index (χ0n) is 15.5. The van der Waals surface area contributed by atoms with Gasteiger partial charge in [0.15, 0.2) is 0 Å². The summed E-state index contributed by atoms with van der Waals surface area (Å²) in [6, 6.07) is 0. The van der Waals surface area contributed by atoms with Crippen LogP contribution in [0.2, 0.25) is 0 Å². The average molecular weight is 360 g/mol. The van der Waals surface area contributed by atoms with Crippen LogP contribution in [0.3, 0.4) is 0 Å². The van der Waals surface area contributed by atoms with Crippen molar-refractivity contribution in [3.05, 3.63) is 35.9 Å². The fourth-order valence-electron chi connectivity index (χ4n) is 2.93. The van der Waals surface area contributed by atoms with E-state index in [1.807, 2.05) is 27.7 Å². The number of aryl methyl sites for hydroxylation is 2. The molecule has 0 spiro atoms. The molecule has 2 atom stereocenters. The van der Waals surface area contributed by atoms with Gasteiger partial charge >= 0.3 is 11.9 Å². The maximum atomic E-state index is 12.3. The van der Waals surface area contributed by atoms with Crippen LogP contribution in [-0.4, -0.2) is 43.7 Å². The lowest BCUT2D eigenvalue weighted by Gasteiger charge is -2.49. The first-order valence-corrected chi connectivity index (χ1v) is 8.82. The highest BCUT2D eigenvalue weighted by Crippen LogP contribution is 2.45. The molecule has 8 nitrogen and oxygen atoms in total. The molecule has 0 bridgehead atoms. The maximum absolute atomic E-state index is 12.3. The van der Waals surface area contributed by atoms with Gasteiger partial charge in [-0.15, -0.1) is 0 Å². The topological polar surface area (TPSA) is 88.2 Å². The second kappa shape index (κ2) is 6.93. The van der Waals surface area contributed by atoms with Gasteiger partial charge in [-0.25, -0.2) is 9.59 Å². The number of aromatic nitrogens is 4. The fourth-order valence-corrected chi connectivity index (χ4v) is 2.93. The molecule has 8 heteroatoms. The molecule has 2 aromatic rings. The number of esters is 2. The van der Waals surface area contributed by atoms with Gasteiger partial charge in [0.1, 0.15) is 12.2 Å². The molecule has 0 unspecified atom stereocenters. The van der Waals surface area contributed by atoms with Crippen molar-refractivity contribution in [1.82, 2.24) is 19.6 Å². The molecule has 1 saturated carbocycles. The highest BCUT2D eigenvalue weighted by atomic mass is 16.6. The van der Waals surface area contributed by atoms with Gasteiger partial charge in [-0.05, 0) is 13.8 Å². The van der Waals surface area contributed by atoms with Gasteiger partial charge in [0, 0.05) is 37.3 Å². The fraction of sp³-hybridized carbons (Fsp3) is 0.556. The van der Waals surface area contributed by atoms with Gasteiger partial charge in [-0.1, -0.05) is 13.8 Å². The maximum Gasteiger partial charge on any atom is 0.341 e. The van der Waals surface area contributed by atoms with Crippen LogP contribution in [0, 0.1) is 5.41 Å². The van der Waals surface area contributed by atoms with Crippen LogP contribution >= 0.6 is 0 Å². The lowest BCUT2D eigenvalue weighted by atomic mass is 9.66. The van der Waals surface area contributed by atoms with Crippen molar-refractivity contribution in [2.45, 2.75) is 59.4 Å². The molecular formula is C18H24N4O4. The summed E-state index contributed by atoms with van der Waals surface area (Å²) in [5.41, 5.74) is 0.400. The SMILES string of the molecule is CCn1cc(C(=O)O[C@@H]2C[C@@H](OC(=O)c3cnn(CC)c3)C2(C)C)cn1. The van der Waals surface area contributed by atoms with Crippen LogP contribution in [-0.2, 0) is 22.6 Å². The van der Waals surface area contributed by atoms with Crippen molar-refractivity contribution in [2.75, 3.05) is 0 Å². The van der Waals surface area contributed by atoms with E-state index < -0.39 is 17.4 Å². The third-order valence-electron chi connectivity index (χ3n) is 4.97. The van der Waals surface area contributed by atoms with Crippen molar-refractivity contribution >= 4 is 11.9 Å². The summed E-state index contributed by atoms with van der Waals surface area (Å²) in [6.45, 7) is 9.12. The second-order valence-corrected chi connectivity index (χ2v) is 7.01. The van der Waals surface area contributed by atoms with Gasteiger partial charge in [-0.3, -0.25) is 9.36 Å². The minimum atomic E-state index is -0.452. The summed E-state index contributed by atoms with van der Waals surface area (Å²) < 4.78 is 14.5. The third-order valence-corrected chi connectivity index (χ3v) is 4.97. The normalized spacial score (nSPS) is 21.1. The van der Waals surface area contributed by atoms with Crippen molar-refractivity contribution in [3.8, 4) is 0 Å². The van der Waals surface area contributed by atoms with Gasteiger partial charge < -0.3 is 9.47 Å². The Morgan fingerprint density at radius 2 is 1.42 bits per heavy atom. The van der Waals surface area contributed by atoms with Crippen LogP contribution in [0.25, 0.3) is 0 Å². The number of carbonyl (C=O) groups excluding carboxylic acids is 2. The van der Waals surface area contributed by atoms with Crippen molar-refractivity contribution in [1.29, 1.82) is 0 Å². The Morgan fingerprint density at radius 3 is 1.73 bits per heavy atom. The second-order valence-electron chi connectivity index (χ2n) is 7.01. The first kappa shape index (κ1) is 18.2. The Balaban J connectivity index is 1.57. The number of hydrogen-bond acceptors (Lipinski definition) is 6. The smallest absolute Gasteiger partial charge is 0.341 e.